The topological polar surface area (TPSA) is 56.8 Å². The molecule has 1 amide bonds. The van der Waals surface area contributed by atoms with Crippen molar-refractivity contribution in [2.75, 3.05) is 40.1 Å². The van der Waals surface area contributed by atoms with E-state index in [9.17, 15) is 4.79 Å². The van der Waals surface area contributed by atoms with E-state index >= 15 is 0 Å². The summed E-state index contributed by atoms with van der Waals surface area (Å²) < 4.78 is 15.5. The summed E-state index contributed by atoms with van der Waals surface area (Å²) in [5.74, 6) is 0.0786. The zero-order valence-electron chi connectivity index (χ0n) is 11.9. The van der Waals surface area contributed by atoms with Crippen LogP contribution in [0.2, 0.25) is 0 Å². The Morgan fingerprint density at radius 2 is 1.89 bits per heavy atom. The van der Waals surface area contributed by atoms with E-state index in [0.717, 1.165) is 19.4 Å². The third kappa shape index (κ3) is 13.4. The largest absolute Gasteiger partial charge is 0.382 e. The van der Waals surface area contributed by atoms with E-state index in [2.05, 4.69) is 5.32 Å². The molecule has 0 aliphatic rings. The van der Waals surface area contributed by atoms with Crippen LogP contribution < -0.4 is 5.32 Å². The van der Waals surface area contributed by atoms with Crippen LogP contribution in [0.4, 0.5) is 0 Å². The first kappa shape index (κ1) is 17.4. The monoisotopic (exact) mass is 261 g/mol. The Morgan fingerprint density at radius 3 is 2.56 bits per heavy atom. The van der Waals surface area contributed by atoms with Crippen molar-refractivity contribution in [3.05, 3.63) is 0 Å². The summed E-state index contributed by atoms with van der Waals surface area (Å²) in [5.41, 5.74) is 0. The van der Waals surface area contributed by atoms with Crippen LogP contribution in [0.1, 0.15) is 33.1 Å². The SMILES string of the molecule is COCCOCCNC(=O)CCCCOC(C)C. The average molecular weight is 261 g/mol. The fraction of sp³-hybridized carbons (Fsp3) is 0.923. The Hall–Kier alpha value is -0.650. The first-order chi connectivity index (χ1) is 8.66. The van der Waals surface area contributed by atoms with Crippen LogP contribution >= 0.6 is 0 Å². The van der Waals surface area contributed by atoms with Crippen molar-refractivity contribution in [2.45, 2.75) is 39.2 Å². The number of hydrogen-bond acceptors (Lipinski definition) is 4. The zero-order valence-corrected chi connectivity index (χ0v) is 11.9. The van der Waals surface area contributed by atoms with Crippen LogP contribution in [0.15, 0.2) is 0 Å². The Balaban J connectivity index is 3.17. The molecule has 5 heteroatoms. The van der Waals surface area contributed by atoms with Crippen LogP contribution in [-0.2, 0) is 19.0 Å². The first-order valence-electron chi connectivity index (χ1n) is 6.61. The molecule has 0 heterocycles. The number of nitrogens with one attached hydrogen (secondary N) is 1. The smallest absolute Gasteiger partial charge is 0.220 e. The summed E-state index contributed by atoms with van der Waals surface area (Å²) in [6, 6.07) is 0. The standard InChI is InChI=1S/C13H27NO4/c1-12(2)18-8-5-4-6-13(15)14-7-9-17-11-10-16-3/h12H,4-11H2,1-3H3,(H,14,15). The molecule has 108 valence electrons. The quantitative estimate of drug-likeness (QED) is 0.539. The Morgan fingerprint density at radius 1 is 1.11 bits per heavy atom. The maximum Gasteiger partial charge on any atom is 0.220 e. The van der Waals surface area contributed by atoms with Crippen molar-refractivity contribution in [2.24, 2.45) is 0 Å². The van der Waals surface area contributed by atoms with Gasteiger partial charge in [0, 0.05) is 26.7 Å². The molecule has 0 rings (SSSR count). The second kappa shape index (κ2) is 12.8. The van der Waals surface area contributed by atoms with E-state index in [1.165, 1.54) is 0 Å². The summed E-state index contributed by atoms with van der Waals surface area (Å²) in [5, 5.41) is 2.81. The van der Waals surface area contributed by atoms with Gasteiger partial charge < -0.3 is 19.5 Å². The lowest BCUT2D eigenvalue weighted by Crippen LogP contribution is -2.27. The molecule has 0 fully saturated rings. The van der Waals surface area contributed by atoms with Gasteiger partial charge in [0.2, 0.25) is 5.91 Å². The number of carbonyl (C=O) groups is 1. The minimum atomic E-state index is 0.0786. The molecular weight excluding hydrogens is 234 g/mol. The minimum absolute atomic E-state index is 0.0786. The van der Waals surface area contributed by atoms with Crippen molar-refractivity contribution in [1.29, 1.82) is 0 Å². The highest BCUT2D eigenvalue weighted by Gasteiger charge is 2.00. The van der Waals surface area contributed by atoms with Gasteiger partial charge in [-0.2, -0.15) is 0 Å². The van der Waals surface area contributed by atoms with Gasteiger partial charge in [0.1, 0.15) is 0 Å². The number of rotatable bonds is 12. The molecular formula is C13H27NO4. The Labute approximate surface area is 110 Å². The molecule has 0 aliphatic heterocycles. The number of unbranched alkanes of at least 4 members (excludes halogenated alkanes) is 1. The summed E-state index contributed by atoms with van der Waals surface area (Å²) >= 11 is 0. The lowest BCUT2D eigenvalue weighted by molar-refractivity contribution is -0.121. The summed E-state index contributed by atoms with van der Waals surface area (Å²) in [6.45, 7) is 7.00. The van der Waals surface area contributed by atoms with Gasteiger partial charge in [0.15, 0.2) is 0 Å². The Kier molecular flexibility index (Phi) is 12.3. The fourth-order valence-corrected chi connectivity index (χ4v) is 1.30. The molecule has 0 saturated carbocycles. The zero-order chi connectivity index (χ0) is 13.6. The van der Waals surface area contributed by atoms with Crippen LogP contribution in [0.3, 0.4) is 0 Å². The molecule has 0 aromatic heterocycles. The summed E-state index contributed by atoms with van der Waals surface area (Å²) in [4.78, 5) is 11.4. The Bertz CT molecular complexity index is 197. The highest BCUT2D eigenvalue weighted by molar-refractivity contribution is 5.75. The average Bonchev–Trinajstić information content (AvgIpc) is 2.33. The van der Waals surface area contributed by atoms with E-state index in [4.69, 9.17) is 14.2 Å². The molecule has 0 saturated heterocycles. The van der Waals surface area contributed by atoms with E-state index in [1.807, 2.05) is 13.8 Å². The third-order valence-corrected chi connectivity index (χ3v) is 2.25. The number of hydrogen-bond donors (Lipinski definition) is 1. The predicted octanol–water partition coefficient (Wildman–Crippen LogP) is 1.36. The van der Waals surface area contributed by atoms with Crippen LogP contribution in [0.25, 0.3) is 0 Å². The number of amides is 1. The number of ether oxygens (including phenoxy) is 3. The molecule has 18 heavy (non-hydrogen) atoms. The van der Waals surface area contributed by atoms with Crippen molar-refractivity contribution in [1.82, 2.24) is 5.32 Å². The number of carbonyl (C=O) groups excluding carboxylic acids is 1. The maximum atomic E-state index is 11.4. The normalized spacial score (nSPS) is 10.9. The van der Waals surface area contributed by atoms with Crippen molar-refractivity contribution >= 4 is 5.91 Å². The molecule has 0 aromatic rings. The third-order valence-electron chi connectivity index (χ3n) is 2.25. The highest BCUT2D eigenvalue weighted by Crippen LogP contribution is 1.98. The summed E-state index contributed by atoms with van der Waals surface area (Å²) in [6.07, 6.45) is 2.61. The van der Waals surface area contributed by atoms with E-state index < -0.39 is 0 Å². The highest BCUT2D eigenvalue weighted by atomic mass is 16.5. The van der Waals surface area contributed by atoms with Crippen molar-refractivity contribution < 1.29 is 19.0 Å². The molecule has 0 radical (unpaired) electrons. The van der Waals surface area contributed by atoms with Gasteiger partial charge in [-0.15, -0.1) is 0 Å². The van der Waals surface area contributed by atoms with Gasteiger partial charge in [0.25, 0.3) is 0 Å². The molecule has 0 aromatic carbocycles. The molecule has 0 unspecified atom stereocenters. The maximum absolute atomic E-state index is 11.4. The molecule has 0 aliphatic carbocycles. The molecule has 0 bridgehead atoms. The van der Waals surface area contributed by atoms with Gasteiger partial charge >= 0.3 is 0 Å². The predicted molar refractivity (Wildman–Crippen MR) is 70.6 cm³/mol. The van der Waals surface area contributed by atoms with Gasteiger partial charge in [-0.05, 0) is 26.7 Å². The van der Waals surface area contributed by atoms with Gasteiger partial charge in [-0.25, -0.2) is 0 Å². The minimum Gasteiger partial charge on any atom is -0.382 e. The number of methoxy groups -OCH3 is 1. The van der Waals surface area contributed by atoms with E-state index in [0.29, 0.717) is 32.8 Å². The molecule has 5 nitrogen and oxygen atoms in total. The van der Waals surface area contributed by atoms with Crippen LogP contribution in [-0.4, -0.2) is 52.1 Å². The lowest BCUT2D eigenvalue weighted by Gasteiger charge is -2.08. The van der Waals surface area contributed by atoms with Gasteiger partial charge in [-0.3, -0.25) is 4.79 Å². The first-order valence-corrected chi connectivity index (χ1v) is 6.61. The van der Waals surface area contributed by atoms with Crippen molar-refractivity contribution in [3.63, 3.8) is 0 Å². The fourth-order valence-electron chi connectivity index (χ4n) is 1.30. The van der Waals surface area contributed by atoms with Crippen LogP contribution in [0, 0.1) is 0 Å². The van der Waals surface area contributed by atoms with Crippen LogP contribution in [0.5, 0.6) is 0 Å². The second-order valence-electron chi connectivity index (χ2n) is 4.33. The second-order valence-corrected chi connectivity index (χ2v) is 4.33. The molecule has 1 N–H and O–H groups in total. The van der Waals surface area contributed by atoms with E-state index in [1.54, 1.807) is 7.11 Å². The van der Waals surface area contributed by atoms with Gasteiger partial charge in [-0.1, -0.05) is 0 Å². The van der Waals surface area contributed by atoms with Gasteiger partial charge in [0.05, 0.1) is 25.9 Å². The lowest BCUT2D eigenvalue weighted by atomic mass is 10.2. The van der Waals surface area contributed by atoms with E-state index in [-0.39, 0.29) is 12.0 Å². The molecule has 0 atom stereocenters. The molecule has 0 spiro atoms. The van der Waals surface area contributed by atoms with Crippen molar-refractivity contribution in [3.8, 4) is 0 Å². The summed E-state index contributed by atoms with van der Waals surface area (Å²) in [7, 11) is 1.63.